The Hall–Kier alpha value is -2.30. The second-order valence-electron chi connectivity index (χ2n) is 4.74. The highest BCUT2D eigenvalue weighted by Gasteiger charge is 2.36. The van der Waals surface area contributed by atoms with Crippen LogP contribution in [0.1, 0.15) is 18.4 Å². The number of rotatable bonds is 6. The van der Waals surface area contributed by atoms with Gasteiger partial charge in [-0.3, -0.25) is 4.79 Å². The van der Waals surface area contributed by atoms with Crippen molar-refractivity contribution >= 4 is 18.0 Å². The van der Waals surface area contributed by atoms with Crippen molar-refractivity contribution in [1.82, 2.24) is 5.32 Å². The Morgan fingerprint density at radius 1 is 1.40 bits per heavy atom. The molecule has 0 heterocycles. The topological polar surface area (TPSA) is 75.6 Å². The third kappa shape index (κ3) is 3.60. The number of nitrogens with one attached hydrogen (secondary N) is 1. The molecule has 5 nitrogen and oxygen atoms in total. The van der Waals surface area contributed by atoms with Crippen molar-refractivity contribution in [3.05, 3.63) is 35.9 Å². The number of ether oxygens (including phenoxy) is 1. The minimum atomic E-state index is -0.980. The number of hydrogen-bond donors (Lipinski definition) is 2. The molecular weight excluding hydrogens is 258 g/mol. The molecule has 1 aliphatic carbocycles. The van der Waals surface area contributed by atoms with Crippen molar-refractivity contribution in [2.75, 3.05) is 7.11 Å². The van der Waals surface area contributed by atoms with Crippen molar-refractivity contribution < 1.29 is 19.4 Å². The Bertz CT molecular complexity index is 534. The third-order valence-corrected chi connectivity index (χ3v) is 3.21. The molecule has 1 saturated carbocycles. The Balaban J connectivity index is 1.99. The molecule has 0 aliphatic heterocycles. The molecule has 0 spiro atoms. The quantitative estimate of drug-likeness (QED) is 0.775. The molecule has 20 heavy (non-hydrogen) atoms. The third-order valence-electron chi connectivity index (χ3n) is 3.21. The highest BCUT2D eigenvalue weighted by Crippen LogP contribution is 2.32. The molecule has 5 heteroatoms. The van der Waals surface area contributed by atoms with Crippen molar-refractivity contribution in [2.45, 2.75) is 18.9 Å². The number of carboxylic acids is 1. The fourth-order valence-electron chi connectivity index (χ4n) is 1.98. The van der Waals surface area contributed by atoms with Gasteiger partial charge in [0.25, 0.3) is 0 Å². The van der Waals surface area contributed by atoms with E-state index in [9.17, 15) is 9.59 Å². The second kappa shape index (κ2) is 6.23. The molecule has 1 aliphatic rings. The van der Waals surface area contributed by atoms with Gasteiger partial charge in [-0.1, -0.05) is 18.2 Å². The highest BCUT2D eigenvalue weighted by molar-refractivity contribution is 5.94. The van der Waals surface area contributed by atoms with Gasteiger partial charge < -0.3 is 15.2 Å². The van der Waals surface area contributed by atoms with Gasteiger partial charge in [0.1, 0.15) is 11.8 Å². The van der Waals surface area contributed by atoms with Gasteiger partial charge in [0.2, 0.25) is 5.91 Å². The van der Waals surface area contributed by atoms with Crippen LogP contribution in [0.3, 0.4) is 0 Å². The van der Waals surface area contributed by atoms with E-state index in [0.29, 0.717) is 5.75 Å². The number of carbonyl (C=O) groups excluding carboxylic acids is 1. The molecule has 0 aromatic heterocycles. The van der Waals surface area contributed by atoms with Gasteiger partial charge in [0, 0.05) is 11.6 Å². The molecule has 0 bridgehead atoms. The summed E-state index contributed by atoms with van der Waals surface area (Å²) in [5.74, 6) is -0.661. The molecule has 2 N–H and O–H groups in total. The van der Waals surface area contributed by atoms with Crippen molar-refractivity contribution in [3.8, 4) is 5.75 Å². The monoisotopic (exact) mass is 275 g/mol. The maximum Gasteiger partial charge on any atom is 0.326 e. The van der Waals surface area contributed by atoms with E-state index in [1.165, 1.54) is 6.08 Å². The zero-order valence-corrected chi connectivity index (χ0v) is 11.2. The average Bonchev–Trinajstić information content (AvgIpc) is 3.27. The van der Waals surface area contributed by atoms with Crippen LogP contribution in [0.4, 0.5) is 0 Å². The van der Waals surface area contributed by atoms with E-state index in [-0.39, 0.29) is 5.92 Å². The minimum absolute atomic E-state index is 0.0658. The van der Waals surface area contributed by atoms with E-state index in [1.54, 1.807) is 19.3 Å². The minimum Gasteiger partial charge on any atom is -0.496 e. The summed E-state index contributed by atoms with van der Waals surface area (Å²) in [5.41, 5.74) is 0.767. The number of hydrogen-bond acceptors (Lipinski definition) is 3. The Morgan fingerprint density at radius 2 is 2.10 bits per heavy atom. The van der Waals surface area contributed by atoms with Gasteiger partial charge in [0.15, 0.2) is 0 Å². The summed E-state index contributed by atoms with van der Waals surface area (Å²) in [4.78, 5) is 22.8. The van der Waals surface area contributed by atoms with E-state index in [0.717, 1.165) is 18.4 Å². The van der Waals surface area contributed by atoms with Crippen LogP contribution in [0.25, 0.3) is 6.08 Å². The van der Waals surface area contributed by atoms with Crippen LogP contribution >= 0.6 is 0 Å². The number of aliphatic carboxylic acids is 1. The summed E-state index contributed by atoms with van der Waals surface area (Å²) in [7, 11) is 1.56. The summed E-state index contributed by atoms with van der Waals surface area (Å²) < 4.78 is 5.17. The molecule has 0 radical (unpaired) electrons. The van der Waals surface area contributed by atoms with E-state index in [2.05, 4.69) is 5.32 Å². The van der Waals surface area contributed by atoms with Gasteiger partial charge in [0.05, 0.1) is 7.11 Å². The first-order valence-electron chi connectivity index (χ1n) is 6.46. The normalized spacial score (nSPS) is 15.8. The lowest BCUT2D eigenvalue weighted by Crippen LogP contribution is -2.41. The molecule has 2 rings (SSSR count). The van der Waals surface area contributed by atoms with Gasteiger partial charge in [-0.15, -0.1) is 0 Å². The summed E-state index contributed by atoms with van der Waals surface area (Å²) in [5, 5.41) is 11.6. The molecule has 1 amide bonds. The van der Waals surface area contributed by atoms with E-state index in [4.69, 9.17) is 9.84 Å². The van der Waals surface area contributed by atoms with Crippen LogP contribution < -0.4 is 10.1 Å². The zero-order chi connectivity index (χ0) is 14.5. The fraction of sp³-hybridized carbons (Fsp3) is 0.333. The molecular formula is C15H17NO4. The summed E-state index contributed by atoms with van der Waals surface area (Å²) in [6, 6.07) is 6.50. The van der Waals surface area contributed by atoms with Crippen LogP contribution in [-0.2, 0) is 9.59 Å². The molecule has 106 valence electrons. The smallest absolute Gasteiger partial charge is 0.326 e. The van der Waals surface area contributed by atoms with Crippen LogP contribution in [0, 0.1) is 5.92 Å². The zero-order valence-electron chi connectivity index (χ0n) is 11.2. The first-order chi connectivity index (χ1) is 9.61. The highest BCUT2D eigenvalue weighted by atomic mass is 16.5. The predicted octanol–water partition coefficient (Wildman–Crippen LogP) is 1.69. The average molecular weight is 275 g/mol. The van der Waals surface area contributed by atoms with Gasteiger partial charge in [-0.2, -0.15) is 0 Å². The van der Waals surface area contributed by atoms with E-state index < -0.39 is 17.9 Å². The van der Waals surface area contributed by atoms with E-state index in [1.807, 2.05) is 18.2 Å². The first kappa shape index (κ1) is 14.1. The van der Waals surface area contributed by atoms with Crippen LogP contribution in [0.2, 0.25) is 0 Å². The Kier molecular flexibility index (Phi) is 4.40. The lowest BCUT2D eigenvalue weighted by atomic mass is 10.1. The second-order valence-corrected chi connectivity index (χ2v) is 4.74. The molecule has 1 fully saturated rings. The maximum absolute atomic E-state index is 11.8. The summed E-state index contributed by atoms with van der Waals surface area (Å²) in [6.07, 6.45) is 4.65. The summed E-state index contributed by atoms with van der Waals surface area (Å²) in [6.45, 7) is 0. The molecule has 1 aromatic rings. The lowest BCUT2D eigenvalue weighted by molar-refractivity contribution is -0.141. The largest absolute Gasteiger partial charge is 0.496 e. The van der Waals surface area contributed by atoms with Gasteiger partial charge in [-0.25, -0.2) is 4.79 Å². The number of carboxylic acid groups (broad SMARTS) is 1. The van der Waals surface area contributed by atoms with Crippen LogP contribution in [0.5, 0.6) is 5.75 Å². The van der Waals surface area contributed by atoms with E-state index >= 15 is 0 Å². The number of methoxy groups -OCH3 is 1. The fourth-order valence-corrected chi connectivity index (χ4v) is 1.98. The lowest BCUT2D eigenvalue weighted by Gasteiger charge is -2.11. The SMILES string of the molecule is COc1ccccc1C=CC(=O)NC(C(=O)O)C1CC1. The van der Waals surface area contributed by atoms with Crippen LogP contribution in [0.15, 0.2) is 30.3 Å². The number of para-hydroxylation sites is 1. The van der Waals surface area contributed by atoms with Crippen molar-refractivity contribution in [2.24, 2.45) is 5.92 Å². The summed E-state index contributed by atoms with van der Waals surface area (Å²) >= 11 is 0. The van der Waals surface area contributed by atoms with Gasteiger partial charge in [-0.05, 0) is 30.9 Å². The van der Waals surface area contributed by atoms with Gasteiger partial charge >= 0.3 is 5.97 Å². The Labute approximate surface area is 117 Å². The maximum atomic E-state index is 11.8. The van der Waals surface area contributed by atoms with Crippen molar-refractivity contribution in [3.63, 3.8) is 0 Å². The predicted molar refractivity (Wildman–Crippen MR) is 74.3 cm³/mol. The number of amides is 1. The standard InChI is InChI=1S/C15H17NO4/c1-20-12-5-3-2-4-10(12)8-9-13(17)16-14(15(18)19)11-6-7-11/h2-5,8-9,11,14H,6-7H2,1H3,(H,16,17)(H,18,19). The number of carbonyl (C=O) groups is 2. The van der Waals surface area contributed by atoms with Crippen LogP contribution in [-0.4, -0.2) is 30.1 Å². The first-order valence-corrected chi connectivity index (χ1v) is 6.46. The number of benzene rings is 1. The Morgan fingerprint density at radius 3 is 2.70 bits per heavy atom. The molecule has 1 atom stereocenters. The molecule has 1 aromatic carbocycles. The molecule has 1 unspecified atom stereocenters. The van der Waals surface area contributed by atoms with Crippen molar-refractivity contribution in [1.29, 1.82) is 0 Å². The molecule has 0 saturated heterocycles.